The van der Waals surface area contributed by atoms with Gasteiger partial charge in [-0.2, -0.15) is 0 Å². The van der Waals surface area contributed by atoms with Crippen LogP contribution in [0.15, 0.2) is 34.9 Å². The van der Waals surface area contributed by atoms with Crippen LogP contribution in [0.1, 0.15) is 47.5 Å². The maximum atomic E-state index is 12.4. The number of aldehydes is 1. The highest BCUT2D eigenvalue weighted by atomic mass is 16.7. The summed E-state index contributed by atoms with van der Waals surface area (Å²) < 4.78 is 16.1. The van der Waals surface area contributed by atoms with Crippen LogP contribution in [0.5, 0.6) is 0 Å². The number of hydrogen-bond donors (Lipinski definition) is 0. The van der Waals surface area contributed by atoms with Crippen molar-refractivity contribution >= 4 is 24.2 Å². The van der Waals surface area contributed by atoms with E-state index in [4.69, 9.17) is 14.2 Å². The van der Waals surface area contributed by atoms with Gasteiger partial charge in [-0.3, -0.25) is 9.59 Å². The number of ether oxygens (including phenoxy) is 3. The first-order valence-electron chi connectivity index (χ1n) is 9.15. The van der Waals surface area contributed by atoms with Crippen LogP contribution in [0.25, 0.3) is 0 Å². The van der Waals surface area contributed by atoms with Crippen molar-refractivity contribution in [2.45, 2.75) is 59.9 Å². The molecule has 0 radical (unpaired) electrons. The zero-order valence-corrected chi connectivity index (χ0v) is 16.9. The molecule has 0 N–H and O–H groups in total. The van der Waals surface area contributed by atoms with Gasteiger partial charge in [0.15, 0.2) is 0 Å². The zero-order valence-electron chi connectivity index (χ0n) is 16.9. The van der Waals surface area contributed by atoms with Crippen LogP contribution in [-0.4, -0.2) is 36.6 Å². The van der Waals surface area contributed by atoms with Gasteiger partial charge in [0, 0.05) is 23.5 Å². The molecule has 0 fully saturated rings. The van der Waals surface area contributed by atoms with E-state index in [1.54, 1.807) is 6.92 Å². The lowest BCUT2D eigenvalue weighted by atomic mass is 9.62. The third-order valence-electron chi connectivity index (χ3n) is 5.62. The summed E-state index contributed by atoms with van der Waals surface area (Å²) in [7, 11) is 0. The summed E-state index contributed by atoms with van der Waals surface area (Å²) in [4.78, 5) is 48.0. The Morgan fingerprint density at radius 2 is 2.04 bits per heavy atom. The van der Waals surface area contributed by atoms with Crippen LogP contribution in [-0.2, 0) is 33.4 Å². The molecule has 7 nitrogen and oxygen atoms in total. The minimum absolute atomic E-state index is 0.0606. The van der Waals surface area contributed by atoms with Crippen molar-refractivity contribution in [2.24, 2.45) is 11.3 Å². The number of esters is 3. The maximum Gasteiger partial charge on any atom is 0.337 e. The molecule has 0 aromatic rings. The van der Waals surface area contributed by atoms with Crippen molar-refractivity contribution in [1.29, 1.82) is 0 Å². The smallest absolute Gasteiger partial charge is 0.337 e. The van der Waals surface area contributed by atoms with Gasteiger partial charge in [0.05, 0.1) is 5.57 Å². The molecule has 1 aliphatic carbocycles. The molecule has 0 saturated carbocycles. The Morgan fingerprint density at radius 3 is 2.57 bits per heavy atom. The van der Waals surface area contributed by atoms with Crippen molar-refractivity contribution in [1.82, 2.24) is 0 Å². The molecular formula is C21H26O7. The second-order valence-electron chi connectivity index (χ2n) is 7.53. The van der Waals surface area contributed by atoms with Gasteiger partial charge in [-0.1, -0.05) is 26.5 Å². The molecule has 28 heavy (non-hydrogen) atoms. The van der Waals surface area contributed by atoms with E-state index >= 15 is 0 Å². The highest BCUT2D eigenvalue weighted by Gasteiger charge is 2.53. The summed E-state index contributed by atoms with van der Waals surface area (Å²) in [6.45, 7) is 11.6. The van der Waals surface area contributed by atoms with Crippen molar-refractivity contribution in [3.8, 4) is 0 Å². The standard InChI is InChI=1S/C21H26O7/c1-11(2)18(24)27-17(21(6)12(3)8-7-9-15(21)10-22)16-13(4)19(25)28-20(16)26-14(5)23/h9-10,12,17,20H,1,7-8H2,2-6H3. The van der Waals surface area contributed by atoms with E-state index < -0.39 is 35.7 Å². The minimum Gasteiger partial charge on any atom is -0.453 e. The van der Waals surface area contributed by atoms with Gasteiger partial charge in [0.2, 0.25) is 0 Å². The first-order valence-corrected chi connectivity index (χ1v) is 9.15. The van der Waals surface area contributed by atoms with Crippen molar-refractivity contribution in [3.63, 3.8) is 0 Å². The van der Waals surface area contributed by atoms with E-state index in [2.05, 4.69) is 6.58 Å². The van der Waals surface area contributed by atoms with Gasteiger partial charge in [-0.05, 0) is 38.2 Å². The third kappa shape index (κ3) is 3.79. The van der Waals surface area contributed by atoms with Gasteiger partial charge < -0.3 is 14.2 Å². The van der Waals surface area contributed by atoms with Crippen LogP contribution in [0.3, 0.4) is 0 Å². The van der Waals surface area contributed by atoms with E-state index in [-0.39, 0.29) is 22.6 Å². The molecule has 1 heterocycles. The fraction of sp³-hybridized carbons (Fsp3) is 0.524. The number of rotatable bonds is 6. The molecule has 2 rings (SSSR count). The summed E-state index contributed by atoms with van der Waals surface area (Å²) in [5, 5.41) is 0. The number of cyclic esters (lactones) is 1. The molecule has 0 amide bonds. The zero-order chi connectivity index (χ0) is 21.2. The highest BCUT2D eigenvalue weighted by molar-refractivity contribution is 5.93. The topological polar surface area (TPSA) is 96.0 Å². The maximum absolute atomic E-state index is 12.4. The molecule has 0 aromatic heterocycles. The second-order valence-corrected chi connectivity index (χ2v) is 7.53. The molecule has 1 aliphatic heterocycles. The predicted molar refractivity (Wildman–Crippen MR) is 99.7 cm³/mol. The van der Waals surface area contributed by atoms with E-state index in [0.29, 0.717) is 12.0 Å². The fourth-order valence-electron chi connectivity index (χ4n) is 3.70. The van der Waals surface area contributed by atoms with Crippen molar-refractivity contribution in [2.75, 3.05) is 0 Å². The summed E-state index contributed by atoms with van der Waals surface area (Å²) in [6, 6.07) is 0. The highest BCUT2D eigenvalue weighted by Crippen LogP contribution is 2.49. The Kier molecular flexibility index (Phi) is 6.27. The second kappa shape index (κ2) is 8.12. The summed E-state index contributed by atoms with van der Waals surface area (Å²) in [6.07, 6.45) is 1.67. The van der Waals surface area contributed by atoms with E-state index in [0.717, 1.165) is 12.7 Å². The lowest BCUT2D eigenvalue weighted by Crippen LogP contribution is -2.48. The Morgan fingerprint density at radius 1 is 1.39 bits per heavy atom. The number of carbonyl (C=O) groups excluding carboxylic acids is 4. The first kappa shape index (κ1) is 21.6. The van der Waals surface area contributed by atoms with Crippen molar-refractivity contribution in [3.05, 3.63) is 34.9 Å². The quantitative estimate of drug-likeness (QED) is 0.391. The van der Waals surface area contributed by atoms with E-state index in [1.165, 1.54) is 20.8 Å². The summed E-state index contributed by atoms with van der Waals surface area (Å²) in [5.74, 6) is -2.05. The normalized spacial score (nSPS) is 28.2. The Bertz CT molecular complexity index is 789. The molecule has 152 valence electrons. The van der Waals surface area contributed by atoms with Gasteiger partial charge in [0.25, 0.3) is 6.29 Å². The lowest BCUT2D eigenvalue weighted by Gasteiger charge is -2.45. The molecule has 7 heteroatoms. The SMILES string of the molecule is C=C(C)C(=O)OC(C1=C(C)C(=O)OC1OC(C)=O)C1(C)C(C=O)=CCCC1C. The molecular weight excluding hydrogens is 364 g/mol. The molecule has 0 saturated heterocycles. The minimum atomic E-state index is -1.31. The molecule has 4 atom stereocenters. The first-order chi connectivity index (χ1) is 13.0. The molecule has 0 aromatic carbocycles. The number of hydrogen-bond acceptors (Lipinski definition) is 7. The van der Waals surface area contributed by atoms with E-state index in [1.807, 2.05) is 13.0 Å². The fourth-order valence-corrected chi connectivity index (χ4v) is 3.70. The van der Waals surface area contributed by atoms with Crippen LogP contribution in [0.2, 0.25) is 0 Å². The largest absolute Gasteiger partial charge is 0.453 e. The van der Waals surface area contributed by atoms with Crippen molar-refractivity contribution < 1.29 is 33.4 Å². The lowest BCUT2D eigenvalue weighted by molar-refractivity contribution is -0.176. The Labute approximate surface area is 164 Å². The van der Waals surface area contributed by atoms with Gasteiger partial charge in [-0.25, -0.2) is 9.59 Å². The monoisotopic (exact) mass is 390 g/mol. The molecule has 0 bridgehead atoms. The average Bonchev–Trinajstić information content (AvgIpc) is 2.88. The third-order valence-corrected chi connectivity index (χ3v) is 5.62. The summed E-state index contributed by atoms with van der Waals surface area (Å²) in [5.41, 5.74) is 0.121. The summed E-state index contributed by atoms with van der Waals surface area (Å²) >= 11 is 0. The van der Waals surface area contributed by atoms with Gasteiger partial charge >= 0.3 is 17.9 Å². The van der Waals surface area contributed by atoms with Crippen LogP contribution in [0, 0.1) is 11.3 Å². The van der Waals surface area contributed by atoms with Gasteiger partial charge in [-0.15, -0.1) is 0 Å². The van der Waals surface area contributed by atoms with Crippen LogP contribution < -0.4 is 0 Å². The molecule has 4 unspecified atom stereocenters. The predicted octanol–water partition coefficient (Wildman–Crippen LogP) is 2.80. The number of carbonyl (C=O) groups is 4. The number of allylic oxidation sites excluding steroid dienone is 1. The average molecular weight is 390 g/mol. The van der Waals surface area contributed by atoms with E-state index in [9.17, 15) is 19.2 Å². The molecule has 2 aliphatic rings. The van der Waals surface area contributed by atoms with Crippen LogP contribution in [0.4, 0.5) is 0 Å². The molecule has 0 spiro atoms. The van der Waals surface area contributed by atoms with Gasteiger partial charge in [0.1, 0.15) is 12.4 Å². The van der Waals surface area contributed by atoms with Crippen LogP contribution >= 0.6 is 0 Å². The Hall–Kier alpha value is -2.70. The Balaban J connectivity index is 2.66.